The van der Waals surface area contributed by atoms with E-state index in [1.807, 2.05) is 6.08 Å². The first-order valence-corrected chi connectivity index (χ1v) is 8.92. The molecule has 7 atom stereocenters. The van der Waals surface area contributed by atoms with Crippen molar-refractivity contribution in [1.82, 2.24) is 0 Å². The number of allylic oxidation sites excluding steroid dienone is 1. The van der Waals surface area contributed by atoms with Gasteiger partial charge in [-0.25, -0.2) is 0 Å². The van der Waals surface area contributed by atoms with Crippen LogP contribution in [0, 0.1) is 35.0 Å². The Hall–Kier alpha value is -0.630. The number of hydrogen-bond donors (Lipinski definition) is 1. The molecule has 0 radical (unpaired) electrons. The maximum atomic E-state index is 11.7. The predicted octanol–water partition coefficient (Wildman–Crippen LogP) is 3.74. The molecule has 0 amide bonds. The standard InChI is InChI=1S/C19H28O2/c1-11-9-17-16-5-3-12-10-13(20)4-6-14(12)15(16)7-8-19(17,2)18(11)21/h10-11,14-18,21H,3-9H2,1-2H3/t11-,14-,15+,16+,17-,18+,19-/m0/s1. The molecule has 0 aromatic rings. The lowest BCUT2D eigenvalue weighted by Gasteiger charge is -2.53. The first-order chi connectivity index (χ1) is 10.0. The van der Waals surface area contributed by atoms with Crippen LogP contribution >= 0.6 is 0 Å². The highest BCUT2D eigenvalue weighted by atomic mass is 16.3. The van der Waals surface area contributed by atoms with Crippen LogP contribution in [-0.4, -0.2) is 17.0 Å². The zero-order valence-electron chi connectivity index (χ0n) is 13.3. The van der Waals surface area contributed by atoms with Gasteiger partial charge in [0.1, 0.15) is 0 Å². The first kappa shape index (κ1) is 14.0. The van der Waals surface area contributed by atoms with Crippen molar-refractivity contribution >= 4 is 5.78 Å². The Morgan fingerprint density at radius 2 is 2.00 bits per heavy atom. The fraction of sp³-hybridized carbons (Fsp3) is 0.842. The van der Waals surface area contributed by atoms with Gasteiger partial charge in [0.15, 0.2) is 5.78 Å². The van der Waals surface area contributed by atoms with Crippen LogP contribution in [0.1, 0.15) is 58.8 Å². The number of rotatable bonds is 0. The lowest BCUT2D eigenvalue weighted by atomic mass is 9.52. The first-order valence-electron chi connectivity index (χ1n) is 8.92. The SMILES string of the molecule is C[C@H]1C[C@H]2[C@@H]3CCC4=CC(=O)CC[C@@H]4[C@H]3CC[C@]2(C)[C@@H]1O. The molecule has 1 N–H and O–H groups in total. The van der Waals surface area contributed by atoms with E-state index in [0.29, 0.717) is 23.5 Å². The monoisotopic (exact) mass is 288 g/mol. The van der Waals surface area contributed by atoms with Gasteiger partial charge >= 0.3 is 0 Å². The number of fused-ring (bicyclic) bond motifs is 5. The molecule has 0 heterocycles. The van der Waals surface area contributed by atoms with Crippen LogP contribution in [0.3, 0.4) is 0 Å². The summed E-state index contributed by atoms with van der Waals surface area (Å²) in [6.07, 6.45) is 9.77. The summed E-state index contributed by atoms with van der Waals surface area (Å²) in [5.41, 5.74) is 1.62. The molecule has 0 aromatic carbocycles. The van der Waals surface area contributed by atoms with E-state index < -0.39 is 0 Å². The summed E-state index contributed by atoms with van der Waals surface area (Å²) < 4.78 is 0. The molecule has 2 heteroatoms. The Morgan fingerprint density at radius 1 is 1.19 bits per heavy atom. The Labute approximate surface area is 128 Å². The smallest absolute Gasteiger partial charge is 0.155 e. The van der Waals surface area contributed by atoms with Gasteiger partial charge in [0, 0.05) is 6.42 Å². The largest absolute Gasteiger partial charge is 0.392 e. The molecule has 0 aliphatic heterocycles. The second-order valence-electron chi connectivity index (χ2n) is 8.51. The number of aliphatic hydroxyl groups is 1. The minimum atomic E-state index is -0.103. The topological polar surface area (TPSA) is 37.3 Å². The maximum Gasteiger partial charge on any atom is 0.155 e. The zero-order chi connectivity index (χ0) is 14.8. The van der Waals surface area contributed by atoms with Crippen molar-refractivity contribution in [3.05, 3.63) is 11.6 Å². The third-order valence-electron chi connectivity index (χ3n) is 7.58. The van der Waals surface area contributed by atoms with Gasteiger partial charge in [-0.15, -0.1) is 0 Å². The molecule has 0 saturated heterocycles. The Morgan fingerprint density at radius 3 is 2.81 bits per heavy atom. The van der Waals surface area contributed by atoms with Gasteiger partial charge < -0.3 is 5.11 Å². The van der Waals surface area contributed by atoms with E-state index in [0.717, 1.165) is 31.1 Å². The van der Waals surface area contributed by atoms with Gasteiger partial charge in [-0.05, 0) is 79.6 Å². The summed E-state index contributed by atoms with van der Waals surface area (Å²) in [4.78, 5) is 11.7. The van der Waals surface area contributed by atoms with Gasteiger partial charge in [-0.3, -0.25) is 4.79 Å². The zero-order valence-corrected chi connectivity index (χ0v) is 13.3. The van der Waals surface area contributed by atoms with Crippen LogP contribution < -0.4 is 0 Å². The van der Waals surface area contributed by atoms with E-state index >= 15 is 0 Å². The van der Waals surface area contributed by atoms with Crippen LogP contribution in [0.15, 0.2) is 11.6 Å². The second-order valence-corrected chi connectivity index (χ2v) is 8.51. The molecule has 3 saturated carbocycles. The number of aliphatic hydroxyl groups excluding tert-OH is 1. The summed E-state index contributed by atoms with van der Waals surface area (Å²) in [6, 6.07) is 0. The minimum Gasteiger partial charge on any atom is -0.392 e. The number of hydrogen-bond acceptors (Lipinski definition) is 2. The van der Waals surface area contributed by atoms with Crippen LogP contribution in [0.2, 0.25) is 0 Å². The van der Waals surface area contributed by atoms with Crippen LogP contribution in [0.5, 0.6) is 0 Å². The van der Waals surface area contributed by atoms with Crippen molar-refractivity contribution < 1.29 is 9.90 Å². The predicted molar refractivity (Wildman–Crippen MR) is 82.6 cm³/mol. The van der Waals surface area contributed by atoms with E-state index in [1.54, 1.807) is 0 Å². The van der Waals surface area contributed by atoms with Crippen molar-refractivity contribution in [2.75, 3.05) is 0 Å². The summed E-state index contributed by atoms with van der Waals surface area (Å²) in [6.45, 7) is 4.58. The third kappa shape index (κ3) is 1.91. The van der Waals surface area contributed by atoms with E-state index in [2.05, 4.69) is 13.8 Å². The van der Waals surface area contributed by atoms with Crippen LogP contribution in [0.4, 0.5) is 0 Å². The van der Waals surface area contributed by atoms with Gasteiger partial charge in [0.25, 0.3) is 0 Å². The van der Waals surface area contributed by atoms with Crippen molar-refractivity contribution in [1.29, 1.82) is 0 Å². The van der Waals surface area contributed by atoms with Gasteiger partial charge in [-0.1, -0.05) is 19.4 Å². The maximum absolute atomic E-state index is 11.7. The molecule has 0 aromatic heterocycles. The average molecular weight is 288 g/mol. The number of ketones is 1. The number of carbonyl (C=O) groups excluding carboxylic acids is 1. The quantitative estimate of drug-likeness (QED) is 0.737. The lowest BCUT2D eigenvalue weighted by Crippen LogP contribution is -2.47. The van der Waals surface area contributed by atoms with Gasteiger partial charge in [0.2, 0.25) is 0 Å². The fourth-order valence-corrected chi connectivity index (χ4v) is 6.52. The molecule has 21 heavy (non-hydrogen) atoms. The van der Waals surface area contributed by atoms with E-state index in [-0.39, 0.29) is 11.5 Å². The summed E-state index contributed by atoms with van der Waals surface area (Å²) in [7, 11) is 0. The normalized spacial score (nSPS) is 52.7. The van der Waals surface area contributed by atoms with Crippen molar-refractivity contribution in [2.45, 2.75) is 64.9 Å². The fourth-order valence-electron chi connectivity index (χ4n) is 6.52. The molecule has 4 aliphatic rings. The van der Waals surface area contributed by atoms with Crippen molar-refractivity contribution in [2.24, 2.45) is 35.0 Å². The van der Waals surface area contributed by atoms with Gasteiger partial charge in [0.05, 0.1) is 6.10 Å². The molecule has 2 nitrogen and oxygen atoms in total. The molecular formula is C19H28O2. The summed E-state index contributed by atoms with van der Waals surface area (Å²) in [5.74, 6) is 3.78. The summed E-state index contributed by atoms with van der Waals surface area (Å²) in [5, 5.41) is 10.7. The second kappa shape index (κ2) is 4.68. The Kier molecular flexibility index (Phi) is 3.12. The molecule has 4 rings (SSSR count). The molecule has 4 aliphatic carbocycles. The lowest BCUT2D eigenvalue weighted by molar-refractivity contribution is -0.116. The summed E-state index contributed by atoms with van der Waals surface area (Å²) >= 11 is 0. The Balaban J connectivity index is 1.64. The minimum absolute atomic E-state index is 0.103. The molecule has 0 unspecified atom stereocenters. The Bertz CT molecular complexity index is 494. The highest BCUT2D eigenvalue weighted by Crippen LogP contribution is 2.62. The van der Waals surface area contributed by atoms with Gasteiger partial charge in [-0.2, -0.15) is 0 Å². The highest BCUT2D eigenvalue weighted by molar-refractivity contribution is 5.91. The van der Waals surface area contributed by atoms with E-state index in [4.69, 9.17) is 0 Å². The van der Waals surface area contributed by atoms with Crippen LogP contribution in [-0.2, 0) is 4.79 Å². The van der Waals surface area contributed by atoms with E-state index in [1.165, 1.54) is 31.3 Å². The van der Waals surface area contributed by atoms with Crippen molar-refractivity contribution in [3.63, 3.8) is 0 Å². The van der Waals surface area contributed by atoms with Crippen molar-refractivity contribution in [3.8, 4) is 0 Å². The third-order valence-corrected chi connectivity index (χ3v) is 7.58. The molecular weight excluding hydrogens is 260 g/mol. The highest BCUT2D eigenvalue weighted by Gasteiger charge is 2.57. The molecule has 3 fully saturated rings. The van der Waals surface area contributed by atoms with Crippen LogP contribution in [0.25, 0.3) is 0 Å². The molecule has 116 valence electrons. The average Bonchev–Trinajstić information content (AvgIpc) is 2.70. The van der Waals surface area contributed by atoms with E-state index in [9.17, 15) is 9.90 Å². The molecule has 0 bridgehead atoms. The molecule has 0 spiro atoms. The number of carbonyl (C=O) groups is 1.